The van der Waals surface area contributed by atoms with Gasteiger partial charge in [-0.25, -0.2) is 0 Å². The van der Waals surface area contributed by atoms with Crippen LogP contribution in [0.3, 0.4) is 0 Å². The Bertz CT molecular complexity index is 508. The number of ether oxygens (including phenoxy) is 1. The fourth-order valence-corrected chi connectivity index (χ4v) is 3.91. The van der Waals surface area contributed by atoms with Gasteiger partial charge in [-0.3, -0.25) is 0 Å². The molecule has 25 heavy (non-hydrogen) atoms. The summed E-state index contributed by atoms with van der Waals surface area (Å²) in [4.78, 5) is 2.37. The van der Waals surface area contributed by atoms with Crippen molar-refractivity contribution in [1.29, 1.82) is 0 Å². The van der Waals surface area contributed by atoms with Gasteiger partial charge < -0.3 is 9.64 Å². The maximum absolute atomic E-state index is 6.28. The van der Waals surface area contributed by atoms with Crippen LogP contribution in [0.5, 0.6) is 5.75 Å². The Morgan fingerprint density at radius 3 is 1.96 bits per heavy atom. The van der Waals surface area contributed by atoms with Crippen molar-refractivity contribution in [3.63, 3.8) is 0 Å². The summed E-state index contributed by atoms with van der Waals surface area (Å²) >= 11 is 0. The van der Waals surface area contributed by atoms with E-state index < -0.39 is 0 Å². The van der Waals surface area contributed by atoms with Crippen LogP contribution in [0.15, 0.2) is 24.3 Å². The first-order chi connectivity index (χ1) is 11.3. The molecule has 0 amide bonds. The highest BCUT2D eigenvalue weighted by Crippen LogP contribution is 2.36. The summed E-state index contributed by atoms with van der Waals surface area (Å²) in [5.74, 6) is 0.962. The topological polar surface area (TPSA) is 12.5 Å². The fourth-order valence-electron chi connectivity index (χ4n) is 3.91. The van der Waals surface area contributed by atoms with Crippen molar-refractivity contribution in [2.45, 2.75) is 85.7 Å². The van der Waals surface area contributed by atoms with Gasteiger partial charge in [0.25, 0.3) is 0 Å². The lowest BCUT2D eigenvalue weighted by atomic mass is 9.72. The summed E-state index contributed by atoms with van der Waals surface area (Å²) in [5.41, 5.74) is 1.69. The largest absolute Gasteiger partial charge is 0.487 e. The fraction of sp³-hybridized carbons (Fsp3) is 0.739. The van der Waals surface area contributed by atoms with Crippen molar-refractivity contribution < 1.29 is 4.74 Å². The molecule has 0 saturated heterocycles. The zero-order valence-corrected chi connectivity index (χ0v) is 18.2. The second-order valence-electron chi connectivity index (χ2n) is 10.1. The summed E-state index contributed by atoms with van der Waals surface area (Å²) in [5, 5.41) is 0. The van der Waals surface area contributed by atoms with Crippen LogP contribution >= 0.6 is 0 Å². The Morgan fingerprint density at radius 2 is 1.48 bits per heavy atom. The zero-order chi connectivity index (χ0) is 19.3. The van der Waals surface area contributed by atoms with Crippen LogP contribution in [0.2, 0.25) is 0 Å². The molecule has 0 aliphatic carbocycles. The van der Waals surface area contributed by atoms with Crippen molar-refractivity contribution in [3.05, 3.63) is 29.8 Å². The molecule has 1 aromatic rings. The highest BCUT2D eigenvalue weighted by Gasteiger charge is 2.27. The molecule has 2 nitrogen and oxygen atoms in total. The van der Waals surface area contributed by atoms with Gasteiger partial charge in [-0.1, -0.05) is 60.1 Å². The van der Waals surface area contributed by atoms with Gasteiger partial charge in [0, 0.05) is 6.54 Å². The third-order valence-electron chi connectivity index (χ3n) is 4.55. The van der Waals surface area contributed by atoms with Gasteiger partial charge in [-0.15, -0.1) is 0 Å². The number of benzene rings is 1. The molecule has 0 fully saturated rings. The minimum Gasteiger partial charge on any atom is -0.487 e. The molecule has 0 aliphatic heterocycles. The van der Waals surface area contributed by atoms with Gasteiger partial charge in [-0.2, -0.15) is 0 Å². The van der Waals surface area contributed by atoms with E-state index in [1.165, 1.54) is 18.4 Å². The van der Waals surface area contributed by atoms with E-state index in [-0.39, 0.29) is 11.0 Å². The highest BCUT2D eigenvalue weighted by atomic mass is 16.5. The Hall–Kier alpha value is -1.02. The third kappa shape index (κ3) is 8.27. The molecule has 0 N–H and O–H groups in total. The average Bonchev–Trinajstić information content (AvgIpc) is 2.42. The number of unbranched alkanes of at least 4 members (excludes halogenated alkanes) is 1. The van der Waals surface area contributed by atoms with Gasteiger partial charge in [0.1, 0.15) is 11.4 Å². The normalized spacial score (nSPS) is 13.4. The minimum absolute atomic E-state index is 0.173. The smallest absolute Gasteiger partial charge is 0.120 e. The molecule has 0 radical (unpaired) electrons. The summed E-state index contributed by atoms with van der Waals surface area (Å²) < 4.78 is 6.28. The average molecular weight is 348 g/mol. The van der Waals surface area contributed by atoms with E-state index >= 15 is 0 Å². The predicted octanol–water partition coefficient (Wildman–Crippen LogP) is 6.29. The first-order valence-electron chi connectivity index (χ1n) is 9.83. The van der Waals surface area contributed by atoms with E-state index in [1.807, 2.05) is 0 Å². The van der Waals surface area contributed by atoms with Crippen LogP contribution < -0.4 is 4.74 Å². The monoisotopic (exact) mass is 347 g/mol. The van der Waals surface area contributed by atoms with Crippen LogP contribution in [-0.4, -0.2) is 30.6 Å². The van der Waals surface area contributed by atoms with Gasteiger partial charge in [0.05, 0.1) is 0 Å². The number of likely N-dealkylation sites (N-methyl/N-ethyl adjacent to an activating group) is 1. The standard InChI is InChI=1S/C23H41NO/c1-10-11-16-24(9)18-23(7,8)25-20-14-12-19(13-15-20)22(5,6)17-21(2,3)4/h12-15H,10-11,16-18H2,1-9H3. The Kier molecular flexibility index (Phi) is 7.55. The van der Waals surface area contributed by atoms with Crippen LogP contribution in [0.1, 0.15) is 80.2 Å². The van der Waals surface area contributed by atoms with Gasteiger partial charge >= 0.3 is 0 Å². The van der Waals surface area contributed by atoms with Gasteiger partial charge in [-0.05, 0) is 68.8 Å². The van der Waals surface area contributed by atoms with E-state index in [1.54, 1.807) is 0 Å². The number of nitrogens with zero attached hydrogens (tertiary/aromatic N) is 1. The molecule has 0 spiro atoms. The van der Waals surface area contributed by atoms with E-state index in [2.05, 4.69) is 91.6 Å². The predicted molar refractivity (Wildman–Crippen MR) is 111 cm³/mol. The Labute approximate surface area is 157 Å². The minimum atomic E-state index is -0.190. The lowest BCUT2D eigenvalue weighted by Gasteiger charge is -2.34. The van der Waals surface area contributed by atoms with E-state index in [4.69, 9.17) is 4.74 Å². The van der Waals surface area contributed by atoms with Crippen molar-refractivity contribution in [3.8, 4) is 5.75 Å². The molecule has 0 heterocycles. The molecule has 0 aliphatic rings. The second-order valence-corrected chi connectivity index (χ2v) is 10.1. The van der Waals surface area contributed by atoms with Gasteiger partial charge in [0.2, 0.25) is 0 Å². The zero-order valence-electron chi connectivity index (χ0n) is 18.2. The molecule has 0 aromatic heterocycles. The quantitative estimate of drug-likeness (QED) is 0.520. The first-order valence-corrected chi connectivity index (χ1v) is 9.83. The molecule has 0 atom stereocenters. The third-order valence-corrected chi connectivity index (χ3v) is 4.55. The molecule has 144 valence electrons. The first kappa shape index (κ1) is 22.0. The van der Waals surface area contributed by atoms with Crippen LogP contribution in [0, 0.1) is 5.41 Å². The van der Waals surface area contributed by atoms with Crippen molar-refractivity contribution in [2.75, 3.05) is 20.1 Å². The van der Waals surface area contributed by atoms with E-state index in [9.17, 15) is 0 Å². The van der Waals surface area contributed by atoms with Crippen molar-refractivity contribution in [2.24, 2.45) is 5.41 Å². The molecular formula is C23H41NO. The van der Waals surface area contributed by atoms with Crippen LogP contribution in [0.4, 0.5) is 0 Å². The van der Waals surface area contributed by atoms with Crippen molar-refractivity contribution in [1.82, 2.24) is 4.90 Å². The summed E-state index contributed by atoms with van der Waals surface area (Å²) in [6, 6.07) is 8.73. The van der Waals surface area contributed by atoms with Crippen LogP contribution in [-0.2, 0) is 5.41 Å². The van der Waals surface area contributed by atoms with Crippen molar-refractivity contribution >= 4 is 0 Å². The second kappa shape index (κ2) is 8.58. The molecule has 1 rings (SSSR count). The number of hydrogen-bond acceptors (Lipinski definition) is 2. The maximum Gasteiger partial charge on any atom is 0.120 e. The Morgan fingerprint density at radius 1 is 0.920 bits per heavy atom. The molecule has 2 heteroatoms. The maximum atomic E-state index is 6.28. The SMILES string of the molecule is CCCCN(C)CC(C)(C)Oc1ccc(C(C)(C)CC(C)(C)C)cc1. The van der Waals surface area contributed by atoms with Crippen LogP contribution in [0.25, 0.3) is 0 Å². The van der Waals surface area contributed by atoms with Gasteiger partial charge in [0.15, 0.2) is 0 Å². The molecule has 0 saturated carbocycles. The molecular weight excluding hydrogens is 306 g/mol. The highest BCUT2D eigenvalue weighted by molar-refractivity contribution is 5.32. The molecule has 1 aromatic carbocycles. The van der Waals surface area contributed by atoms with E-state index in [0.717, 1.165) is 25.3 Å². The number of hydrogen-bond donors (Lipinski definition) is 0. The molecule has 0 bridgehead atoms. The lowest BCUT2D eigenvalue weighted by Crippen LogP contribution is -2.41. The van der Waals surface area contributed by atoms with E-state index in [0.29, 0.717) is 5.41 Å². The Balaban J connectivity index is 2.72. The summed E-state index contributed by atoms with van der Waals surface area (Å²) in [7, 11) is 2.18. The summed E-state index contributed by atoms with van der Waals surface area (Å²) in [6.07, 6.45) is 3.63. The molecule has 0 unspecified atom stereocenters. The lowest BCUT2D eigenvalue weighted by molar-refractivity contribution is 0.0687. The number of rotatable bonds is 9. The summed E-state index contributed by atoms with van der Waals surface area (Å²) in [6.45, 7) is 20.2.